The van der Waals surface area contributed by atoms with Crippen LogP contribution in [0, 0.1) is 0 Å². The van der Waals surface area contributed by atoms with Gasteiger partial charge in [-0.3, -0.25) is 9.59 Å². The Kier molecular flexibility index (Phi) is 3.90. The fourth-order valence-corrected chi connectivity index (χ4v) is 2.79. The van der Waals surface area contributed by atoms with Crippen molar-refractivity contribution < 1.29 is 14.7 Å². The van der Waals surface area contributed by atoms with Gasteiger partial charge in [-0.1, -0.05) is 0 Å². The summed E-state index contributed by atoms with van der Waals surface area (Å²) in [5, 5.41) is 15.2. The minimum Gasteiger partial charge on any atom is -0.392 e. The molecular weight excluding hydrogens is 270 g/mol. The van der Waals surface area contributed by atoms with Crippen LogP contribution >= 0.6 is 0 Å². The molecule has 1 aromatic carbocycles. The van der Waals surface area contributed by atoms with Gasteiger partial charge < -0.3 is 20.6 Å². The standard InChI is InChI=1S/C15H19N3O3/c19-12-8-13(16-9-12)15(21)17-10-3-5-11(6-4-10)18-7-1-2-14(18)20/h3-6,12-13,16,19H,1-2,7-9H2,(H,17,21). The van der Waals surface area contributed by atoms with Crippen LogP contribution in [-0.2, 0) is 9.59 Å². The lowest BCUT2D eigenvalue weighted by atomic mass is 10.2. The fraction of sp³-hybridized carbons (Fsp3) is 0.467. The number of aliphatic hydroxyl groups excluding tert-OH is 1. The number of nitrogens with zero attached hydrogens (tertiary/aromatic N) is 1. The molecule has 2 aliphatic heterocycles. The van der Waals surface area contributed by atoms with Gasteiger partial charge in [-0.25, -0.2) is 0 Å². The molecule has 3 N–H and O–H groups in total. The predicted molar refractivity (Wildman–Crippen MR) is 79.1 cm³/mol. The molecule has 2 saturated heterocycles. The highest BCUT2D eigenvalue weighted by Crippen LogP contribution is 2.23. The van der Waals surface area contributed by atoms with E-state index in [0.29, 0.717) is 25.1 Å². The van der Waals surface area contributed by atoms with Crippen LogP contribution in [-0.4, -0.2) is 42.2 Å². The van der Waals surface area contributed by atoms with E-state index >= 15 is 0 Å². The minimum absolute atomic E-state index is 0.142. The lowest BCUT2D eigenvalue weighted by Crippen LogP contribution is -2.35. The van der Waals surface area contributed by atoms with Crippen molar-refractivity contribution in [3.63, 3.8) is 0 Å². The van der Waals surface area contributed by atoms with E-state index in [4.69, 9.17) is 0 Å². The Labute approximate surface area is 123 Å². The first-order valence-corrected chi connectivity index (χ1v) is 7.26. The Morgan fingerprint density at radius 1 is 1.33 bits per heavy atom. The molecule has 0 bridgehead atoms. The van der Waals surface area contributed by atoms with Crippen molar-refractivity contribution in [2.45, 2.75) is 31.4 Å². The van der Waals surface area contributed by atoms with Gasteiger partial charge in [-0.2, -0.15) is 0 Å². The molecule has 2 fully saturated rings. The lowest BCUT2D eigenvalue weighted by molar-refractivity contribution is -0.118. The van der Waals surface area contributed by atoms with Gasteiger partial charge in [-0.15, -0.1) is 0 Å². The van der Waals surface area contributed by atoms with Crippen molar-refractivity contribution in [1.29, 1.82) is 0 Å². The van der Waals surface area contributed by atoms with Gasteiger partial charge in [0.25, 0.3) is 0 Å². The van der Waals surface area contributed by atoms with E-state index in [0.717, 1.165) is 18.7 Å². The number of carbonyl (C=O) groups excluding carboxylic acids is 2. The summed E-state index contributed by atoms with van der Waals surface area (Å²) in [7, 11) is 0. The largest absolute Gasteiger partial charge is 0.392 e. The lowest BCUT2D eigenvalue weighted by Gasteiger charge is -2.16. The van der Waals surface area contributed by atoms with Gasteiger partial charge in [0.05, 0.1) is 12.1 Å². The highest BCUT2D eigenvalue weighted by Gasteiger charge is 2.28. The summed E-state index contributed by atoms with van der Waals surface area (Å²) in [5.41, 5.74) is 1.56. The highest BCUT2D eigenvalue weighted by molar-refractivity contribution is 5.97. The molecule has 3 rings (SSSR count). The van der Waals surface area contributed by atoms with E-state index in [2.05, 4.69) is 10.6 Å². The zero-order valence-corrected chi connectivity index (χ0v) is 11.7. The Bertz CT molecular complexity index is 544. The van der Waals surface area contributed by atoms with Crippen molar-refractivity contribution in [3.05, 3.63) is 24.3 Å². The van der Waals surface area contributed by atoms with E-state index in [1.54, 1.807) is 17.0 Å². The second-order valence-corrected chi connectivity index (χ2v) is 5.54. The number of hydrogen-bond donors (Lipinski definition) is 3. The van der Waals surface area contributed by atoms with Crippen LogP contribution in [0.3, 0.4) is 0 Å². The summed E-state index contributed by atoms with van der Waals surface area (Å²) in [4.78, 5) is 25.4. The van der Waals surface area contributed by atoms with E-state index in [-0.39, 0.29) is 17.9 Å². The average molecular weight is 289 g/mol. The number of aliphatic hydroxyl groups is 1. The van der Waals surface area contributed by atoms with Gasteiger partial charge in [0.2, 0.25) is 11.8 Å². The number of β-amino-alcohol motifs (C(OH)–C–C–N with tert-alkyl or cyclic N) is 1. The number of nitrogens with one attached hydrogen (secondary N) is 2. The Morgan fingerprint density at radius 2 is 2.10 bits per heavy atom. The Hall–Kier alpha value is -1.92. The molecule has 0 aromatic heterocycles. The third-order valence-corrected chi connectivity index (χ3v) is 3.94. The molecule has 0 saturated carbocycles. The van der Waals surface area contributed by atoms with Crippen LogP contribution in [0.25, 0.3) is 0 Å². The number of carbonyl (C=O) groups is 2. The van der Waals surface area contributed by atoms with Crippen LogP contribution < -0.4 is 15.5 Å². The zero-order valence-electron chi connectivity index (χ0n) is 11.7. The van der Waals surface area contributed by atoms with Crippen LogP contribution in [0.15, 0.2) is 24.3 Å². The maximum Gasteiger partial charge on any atom is 0.241 e. The van der Waals surface area contributed by atoms with Gasteiger partial charge in [0.15, 0.2) is 0 Å². The smallest absolute Gasteiger partial charge is 0.241 e. The molecule has 0 radical (unpaired) electrons. The van der Waals surface area contributed by atoms with Gasteiger partial charge >= 0.3 is 0 Å². The maximum atomic E-state index is 12.0. The molecule has 2 aliphatic rings. The summed E-state index contributed by atoms with van der Waals surface area (Å²) in [6.07, 6.45) is 1.48. The van der Waals surface area contributed by atoms with Crippen LogP contribution in [0.2, 0.25) is 0 Å². The maximum absolute atomic E-state index is 12.0. The van der Waals surface area contributed by atoms with Crippen molar-refractivity contribution in [2.75, 3.05) is 23.3 Å². The number of amides is 2. The first kappa shape index (κ1) is 14.0. The molecule has 21 heavy (non-hydrogen) atoms. The number of anilines is 2. The molecule has 6 nitrogen and oxygen atoms in total. The van der Waals surface area contributed by atoms with Crippen LogP contribution in [0.1, 0.15) is 19.3 Å². The molecule has 112 valence electrons. The third-order valence-electron chi connectivity index (χ3n) is 3.94. The monoisotopic (exact) mass is 289 g/mol. The van der Waals surface area contributed by atoms with Gasteiger partial charge in [0.1, 0.15) is 0 Å². The topological polar surface area (TPSA) is 81.7 Å². The number of rotatable bonds is 3. The molecule has 0 aliphatic carbocycles. The van der Waals surface area contributed by atoms with Crippen molar-refractivity contribution in [2.24, 2.45) is 0 Å². The molecule has 6 heteroatoms. The third kappa shape index (κ3) is 3.06. The Balaban J connectivity index is 1.62. The SMILES string of the molecule is O=C(Nc1ccc(N2CCCC2=O)cc1)C1CC(O)CN1. The average Bonchev–Trinajstić information content (AvgIpc) is 3.08. The van der Waals surface area contributed by atoms with Crippen LogP contribution in [0.5, 0.6) is 0 Å². The minimum atomic E-state index is -0.454. The van der Waals surface area contributed by atoms with Gasteiger partial charge in [-0.05, 0) is 37.1 Å². The molecule has 2 heterocycles. The molecule has 2 unspecified atom stereocenters. The zero-order chi connectivity index (χ0) is 14.8. The van der Waals surface area contributed by atoms with E-state index in [1.807, 2.05) is 12.1 Å². The summed E-state index contributed by atoms with van der Waals surface area (Å²) >= 11 is 0. The first-order chi connectivity index (χ1) is 10.1. The van der Waals surface area contributed by atoms with Crippen molar-refractivity contribution >= 4 is 23.2 Å². The quantitative estimate of drug-likeness (QED) is 0.756. The highest BCUT2D eigenvalue weighted by atomic mass is 16.3. The van der Waals surface area contributed by atoms with E-state index < -0.39 is 6.10 Å². The number of benzene rings is 1. The van der Waals surface area contributed by atoms with E-state index in [9.17, 15) is 14.7 Å². The van der Waals surface area contributed by atoms with Crippen LogP contribution in [0.4, 0.5) is 11.4 Å². The summed E-state index contributed by atoms with van der Waals surface area (Å²) in [5.74, 6) is 0.00692. The molecular formula is C15H19N3O3. The summed E-state index contributed by atoms with van der Waals surface area (Å²) in [6, 6.07) is 6.93. The molecule has 2 amide bonds. The summed E-state index contributed by atoms with van der Waals surface area (Å²) < 4.78 is 0. The first-order valence-electron chi connectivity index (χ1n) is 7.26. The second-order valence-electron chi connectivity index (χ2n) is 5.54. The second kappa shape index (κ2) is 5.83. The van der Waals surface area contributed by atoms with Gasteiger partial charge in [0, 0.05) is 30.9 Å². The molecule has 1 aromatic rings. The van der Waals surface area contributed by atoms with Crippen molar-refractivity contribution in [3.8, 4) is 0 Å². The molecule has 0 spiro atoms. The normalized spacial score (nSPS) is 25.4. The van der Waals surface area contributed by atoms with Crippen molar-refractivity contribution in [1.82, 2.24) is 5.32 Å². The molecule has 2 atom stereocenters. The predicted octanol–water partition coefficient (Wildman–Crippen LogP) is 0.475. The fourth-order valence-electron chi connectivity index (χ4n) is 2.79. The Morgan fingerprint density at radius 3 is 2.67 bits per heavy atom. The number of hydrogen-bond acceptors (Lipinski definition) is 4. The summed E-state index contributed by atoms with van der Waals surface area (Å²) in [6.45, 7) is 1.21. The van der Waals surface area contributed by atoms with E-state index in [1.165, 1.54) is 0 Å².